The van der Waals surface area contributed by atoms with Gasteiger partial charge in [0.15, 0.2) is 5.11 Å². The van der Waals surface area contributed by atoms with E-state index in [1.165, 1.54) is 0 Å². The Morgan fingerprint density at radius 1 is 1.21 bits per heavy atom. The molecule has 0 radical (unpaired) electrons. The first-order valence-corrected chi connectivity index (χ1v) is 11.8. The zero-order valence-corrected chi connectivity index (χ0v) is 21.0. The molecule has 178 valence electrons. The molecule has 1 amide bonds. The molecular weight excluding hydrogens is 446 g/mol. The molecule has 7 nitrogen and oxygen atoms in total. The Hall–Kier alpha value is -3.39. The van der Waals surface area contributed by atoms with Crippen LogP contribution in [0.1, 0.15) is 51.2 Å². The van der Waals surface area contributed by atoms with Crippen LogP contribution in [0.3, 0.4) is 0 Å². The highest BCUT2D eigenvalue weighted by molar-refractivity contribution is 7.80. The summed E-state index contributed by atoms with van der Waals surface area (Å²) in [5, 5.41) is 7.07. The average Bonchev–Trinajstić information content (AvgIpc) is 3.43. The van der Waals surface area contributed by atoms with Crippen LogP contribution in [0.4, 0.5) is 11.4 Å². The standard InChI is InChI=1S/C26H31N5O2S/c1-6-30-15-9-11-20(30)23-22(19-10-7-8-14-27-19)29-25(34)31(23)17-12-13-18(21(16-17)33-5)28-24(32)26(2,3)4/h7-16,22-23H,6H2,1-5H3,(H,28,32)(H,29,34)/t22-,23+/m1/s1. The van der Waals surface area contributed by atoms with Crippen LogP contribution >= 0.6 is 12.2 Å². The van der Waals surface area contributed by atoms with Crippen molar-refractivity contribution in [2.24, 2.45) is 5.41 Å². The maximum absolute atomic E-state index is 12.6. The predicted molar refractivity (Wildman–Crippen MR) is 139 cm³/mol. The lowest BCUT2D eigenvalue weighted by Crippen LogP contribution is -2.30. The van der Waals surface area contributed by atoms with Crippen molar-refractivity contribution in [3.63, 3.8) is 0 Å². The number of amides is 1. The molecule has 2 atom stereocenters. The Morgan fingerprint density at radius 2 is 2.00 bits per heavy atom. The number of methoxy groups -OCH3 is 1. The summed E-state index contributed by atoms with van der Waals surface area (Å²) in [6, 6.07) is 15.6. The lowest BCUT2D eigenvalue weighted by Gasteiger charge is -2.29. The van der Waals surface area contributed by atoms with Gasteiger partial charge in [-0.1, -0.05) is 26.8 Å². The van der Waals surface area contributed by atoms with E-state index in [0.29, 0.717) is 16.5 Å². The molecule has 4 rings (SSSR count). The topological polar surface area (TPSA) is 71.4 Å². The maximum atomic E-state index is 12.6. The fourth-order valence-electron chi connectivity index (χ4n) is 4.16. The number of carbonyl (C=O) groups excluding carboxylic acids is 1. The molecule has 1 saturated heterocycles. The van der Waals surface area contributed by atoms with Crippen LogP contribution in [-0.2, 0) is 11.3 Å². The van der Waals surface area contributed by atoms with Gasteiger partial charge in [0.1, 0.15) is 11.8 Å². The predicted octanol–water partition coefficient (Wildman–Crippen LogP) is 5.07. The number of aryl methyl sites for hydroxylation is 1. The van der Waals surface area contributed by atoms with Crippen molar-refractivity contribution in [3.05, 3.63) is 72.3 Å². The van der Waals surface area contributed by atoms with Crippen LogP contribution in [0.15, 0.2) is 60.9 Å². The van der Waals surface area contributed by atoms with Crippen LogP contribution in [-0.4, -0.2) is 27.7 Å². The van der Waals surface area contributed by atoms with Crippen molar-refractivity contribution in [1.82, 2.24) is 14.9 Å². The number of thiocarbonyl (C=S) groups is 1. The van der Waals surface area contributed by atoms with Gasteiger partial charge in [0.05, 0.1) is 24.5 Å². The molecule has 0 saturated carbocycles. The zero-order chi connectivity index (χ0) is 24.5. The second-order valence-corrected chi connectivity index (χ2v) is 9.69. The minimum atomic E-state index is -0.517. The normalized spacial score (nSPS) is 18.0. The van der Waals surface area contributed by atoms with E-state index in [4.69, 9.17) is 17.0 Å². The second-order valence-electron chi connectivity index (χ2n) is 9.30. The zero-order valence-electron chi connectivity index (χ0n) is 20.2. The summed E-state index contributed by atoms with van der Waals surface area (Å²) in [6.45, 7) is 8.60. The fraction of sp³-hybridized carbons (Fsp3) is 0.346. The third-order valence-corrected chi connectivity index (χ3v) is 6.31. The molecule has 3 aromatic rings. The lowest BCUT2D eigenvalue weighted by molar-refractivity contribution is -0.123. The highest BCUT2D eigenvalue weighted by atomic mass is 32.1. The number of nitrogens with one attached hydrogen (secondary N) is 2. The number of pyridine rings is 1. The summed E-state index contributed by atoms with van der Waals surface area (Å²) >= 11 is 5.83. The summed E-state index contributed by atoms with van der Waals surface area (Å²) < 4.78 is 7.87. The molecule has 8 heteroatoms. The van der Waals surface area contributed by atoms with Gasteiger partial charge in [-0.2, -0.15) is 0 Å². The van der Waals surface area contributed by atoms with Gasteiger partial charge in [-0.25, -0.2) is 0 Å². The number of benzene rings is 1. The minimum absolute atomic E-state index is 0.0780. The summed E-state index contributed by atoms with van der Waals surface area (Å²) in [5.41, 5.74) is 3.03. The Morgan fingerprint density at radius 3 is 2.65 bits per heavy atom. The van der Waals surface area contributed by atoms with Gasteiger partial charge in [0, 0.05) is 41.8 Å². The largest absolute Gasteiger partial charge is 0.494 e. The van der Waals surface area contributed by atoms with Crippen LogP contribution in [0, 0.1) is 5.41 Å². The third kappa shape index (κ3) is 4.50. The number of aromatic nitrogens is 2. The number of carbonyl (C=O) groups is 1. The molecule has 2 aromatic heterocycles. The first kappa shape index (κ1) is 23.8. The molecule has 0 bridgehead atoms. The second kappa shape index (κ2) is 9.46. The fourth-order valence-corrected chi connectivity index (χ4v) is 4.51. The molecule has 0 unspecified atom stereocenters. The van der Waals surface area contributed by atoms with E-state index >= 15 is 0 Å². The number of rotatable bonds is 6. The monoisotopic (exact) mass is 477 g/mol. The van der Waals surface area contributed by atoms with Crippen molar-refractivity contribution < 1.29 is 9.53 Å². The molecular formula is C26H31N5O2S. The lowest BCUT2D eigenvalue weighted by atomic mass is 9.95. The van der Waals surface area contributed by atoms with Crippen LogP contribution in [0.25, 0.3) is 0 Å². The summed E-state index contributed by atoms with van der Waals surface area (Å²) in [7, 11) is 1.60. The SMILES string of the molecule is CCn1cccc1[C@H]1[C@@H](c2ccccn2)NC(=S)N1c1ccc(NC(=O)C(C)(C)C)c(OC)c1. The van der Waals surface area contributed by atoms with Gasteiger partial charge >= 0.3 is 0 Å². The van der Waals surface area contributed by atoms with Crippen LogP contribution in [0.2, 0.25) is 0 Å². The van der Waals surface area contributed by atoms with Crippen molar-refractivity contribution >= 4 is 34.6 Å². The number of hydrogen-bond acceptors (Lipinski definition) is 4. The number of hydrogen-bond donors (Lipinski definition) is 2. The Balaban J connectivity index is 1.77. The molecule has 0 aliphatic carbocycles. The van der Waals surface area contributed by atoms with Gasteiger partial charge in [-0.3, -0.25) is 9.78 Å². The van der Waals surface area contributed by atoms with Crippen molar-refractivity contribution in [2.75, 3.05) is 17.3 Å². The van der Waals surface area contributed by atoms with E-state index < -0.39 is 5.41 Å². The van der Waals surface area contributed by atoms with Crippen LogP contribution in [0.5, 0.6) is 5.75 Å². The minimum Gasteiger partial charge on any atom is -0.494 e. The number of nitrogens with zero attached hydrogens (tertiary/aromatic N) is 3. The van der Waals surface area contributed by atoms with Gasteiger partial charge < -0.3 is 24.8 Å². The van der Waals surface area contributed by atoms with Gasteiger partial charge in [0.2, 0.25) is 5.91 Å². The van der Waals surface area contributed by atoms with Gasteiger partial charge in [-0.05, 0) is 55.5 Å². The summed E-state index contributed by atoms with van der Waals surface area (Å²) in [6.07, 6.45) is 3.88. The Bertz CT molecular complexity index is 1190. The number of anilines is 2. The summed E-state index contributed by atoms with van der Waals surface area (Å²) in [5.74, 6) is 0.495. The molecule has 2 N–H and O–H groups in total. The molecule has 3 heterocycles. The quantitative estimate of drug-likeness (QED) is 0.483. The van der Waals surface area contributed by atoms with E-state index in [-0.39, 0.29) is 18.0 Å². The van der Waals surface area contributed by atoms with E-state index in [1.54, 1.807) is 13.3 Å². The van der Waals surface area contributed by atoms with E-state index in [1.807, 2.05) is 57.2 Å². The van der Waals surface area contributed by atoms with Crippen LogP contribution < -0.4 is 20.3 Å². The Kier molecular flexibility index (Phi) is 6.61. The third-order valence-electron chi connectivity index (χ3n) is 6.00. The molecule has 34 heavy (non-hydrogen) atoms. The Labute approximate surface area is 206 Å². The highest BCUT2D eigenvalue weighted by Gasteiger charge is 2.42. The van der Waals surface area contributed by atoms with Crippen molar-refractivity contribution in [3.8, 4) is 5.75 Å². The van der Waals surface area contributed by atoms with Gasteiger partial charge in [0.25, 0.3) is 0 Å². The first-order chi connectivity index (χ1) is 16.2. The number of ether oxygens (including phenoxy) is 1. The molecule has 1 aliphatic heterocycles. The van der Waals surface area contributed by atoms with Gasteiger partial charge in [-0.15, -0.1) is 0 Å². The van der Waals surface area contributed by atoms with E-state index in [2.05, 4.69) is 50.3 Å². The summed E-state index contributed by atoms with van der Waals surface area (Å²) in [4.78, 5) is 19.3. The average molecular weight is 478 g/mol. The molecule has 1 aliphatic rings. The molecule has 0 spiro atoms. The highest BCUT2D eigenvalue weighted by Crippen LogP contribution is 2.43. The first-order valence-electron chi connectivity index (χ1n) is 11.4. The maximum Gasteiger partial charge on any atom is 0.229 e. The smallest absolute Gasteiger partial charge is 0.229 e. The van der Waals surface area contributed by atoms with Crippen molar-refractivity contribution in [2.45, 2.75) is 46.3 Å². The molecule has 1 fully saturated rings. The van der Waals surface area contributed by atoms with E-state index in [9.17, 15) is 4.79 Å². The van der Waals surface area contributed by atoms with E-state index in [0.717, 1.165) is 23.6 Å². The molecule has 1 aromatic carbocycles. The van der Waals surface area contributed by atoms with Crippen molar-refractivity contribution in [1.29, 1.82) is 0 Å².